The molecule has 0 aromatic carbocycles. The molecule has 0 aromatic rings. The summed E-state index contributed by atoms with van der Waals surface area (Å²) in [6.07, 6.45) is 9.02. The summed E-state index contributed by atoms with van der Waals surface area (Å²) in [6, 6.07) is 0.212. The average Bonchev–Trinajstić information content (AvgIpc) is 2.28. The van der Waals surface area contributed by atoms with Gasteiger partial charge in [0.05, 0.1) is 0 Å². The smallest absolute Gasteiger partial charge is 0.223 e. The lowest BCUT2D eigenvalue weighted by Crippen LogP contribution is -2.51. The van der Waals surface area contributed by atoms with Crippen LogP contribution in [0.1, 0.15) is 65.2 Å². The van der Waals surface area contributed by atoms with Crippen molar-refractivity contribution in [2.24, 2.45) is 17.6 Å². The zero-order valence-corrected chi connectivity index (χ0v) is 11.9. The third-order valence-electron chi connectivity index (χ3n) is 4.73. The molecule has 2 fully saturated rings. The number of nitrogens with one attached hydrogen (secondary N) is 1. The van der Waals surface area contributed by atoms with Gasteiger partial charge in [0.25, 0.3) is 0 Å². The summed E-state index contributed by atoms with van der Waals surface area (Å²) >= 11 is 0. The summed E-state index contributed by atoms with van der Waals surface area (Å²) in [7, 11) is 0. The predicted octanol–water partition coefficient (Wildman–Crippen LogP) is 2.59. The van der Waals surface area contributed by atoms with E-state index in [0.29, 0.717) is 5.92 Å². The van der Waals surface area contributed by atoms with Gasteiger partial charge in [-0.15, -0.1) is 0 Å². The van der Waals surface area contributed by atoms with Crippen molar-refractivity contribution < 1.29 is 4.79 Å². The first-order chi connectivity index (χ1) is 8.48. The van der Waals surface area contributed by atoms with Gasteiger partial charge in [-0.1, -0.05) is 26.2 Å². The molecule has 3 nitrogen and oxygen atoms in total. The topological polar surface area (TPSA) is 55.1 Å². The molecule has 3 N–H and O–H groups in total. The van der Waals surface area contributed by atoms with E-state index in [1.165, 1.54) is 19.3 Å². The zero-order chi connectivity index (χ0) is 13.2. The Morgan fingerprint density at radius 1 is 1.17 bits per heavy atom. The lowest BCUT2D eigenvalue weighted by Gasteiger charge is -2.38. The highest BCUT2D eigenvalue weighted by Gasteiger charge is 2.34. The van der Waals surface area contributed by atoms with E-state index >= 15 is 0 Å². The minimum absolute atomic E-state index is 0.0418. The molecular formula is C15H28N2O. The van der Waals surface area contributed by atoms with Crippen molar-refractivity contribution in [3.05, 3.63) is 0 Å². The van der Waals surface area contributed by atoms with E-state index in [1.807, 2.05) is 0 Å². The van der Waals surface area contributed by atoms with E-state index in [4.69, 9.17) is 5.73 Å². The van der Waals surface area contributed by atoms with Crippen molar-refractivity contribution in [3.63, 3.8) is 0 Å². The van der Waals surface area contributed by atoms with Crippen LogP contribution in [0.3, 0.4) is 0 Å². The van der Waals surface area contributed by atoms with Crippen LogP contribution in [0.15, 0.2) is 0 Å². The number of carbonyl (C=O) groups excluding carboxylic acids is 1. The molecule has 0 heterocycles. The van der Waals surface area contributed by atoms with Crippen LogP contribution in [-0.2, 0) is 4.79 Å². The van der Waals surface area contributed by atoms with Crippen molar-refractivity contribution in [1.29, 1.82) is 0 Å². The number of hydrogen-bond donors (Lipinski definition) is 2. The van der Waals surface area contributed by atoms with Crippen LogP contribution in [0.25, 0.3) is 0 Å². The molecule has 3 unspecified atom stereocenters. The maximum atomic E-state index is 12.4. The fourth-order valence-corrected chi connectivity index (χ4v) is 3.73. The third kappa shape index (κ3) is 3.47. The van der Waals surface area contributed by atoms with Gasteiger partial charge in [0.1, 0.15) is 0 Å². The van der Waals surface area contributed by atoms with E-state index in [1.54, 1.807) is 0 Å². The molecule has 0 aliphatic heterocycles. The Bertz CT molecular complexity index is 287. The molecule has 0 spiro atoms. The molecule has 2 aliphatic carbocycles. The number of carbonyl (C=O) groups is 1. The molecule has 18 heavy (non-hydrogen) atoms. The second-order valence-electron chi connectivity index (χ2n) is 6.88. The number of amides is 1. The van der Waals surface area contributed by atoms with Crippen LogP contribution in [-0.4, -0.2) is 17.5 Å². The van der Waals surface area contributed by atoms with Crippen molar-refractivity contribution in [2.75, 3.05) is 0 Å². The predicted molar refractivity (Wildman–Crippen MR) is 74.1 cm³/mol. The van der Waals surface area contributed by atoms with Crippen LogP contribution in [0.4, 0.5) is 0 Å². The van der Waals surface area contributed by atoms with Crippen LogP contribution >= 0.6 is 0 Å². The fraction of sp³-hybridized carbons (Fsp3) is 0.933. The van der Waals surface area contributed by atoms with Gasteiger partial charge >= 0.3 is 0 Å². The number of rotatable bonds is 2. The lowest BCUT2D eigenvalue weighted by molar-refractivity contribution is -0.128. The number of nitrogens with two attached hydrogens (primary N) is 1. The van der Waals surface area contributed by atoms with Gasteiger partial charge in [0.2, 0.25) is 5.91 Å². The molecular weight excluding hydrogens is 224 g/mol. The Labute approximate surface area is 111 Å². The van der Waals surface area contributed by atoms with Crippen molar-refractivity contribution in [3.8, 4) is 0 Å². The van der Waals surface area contributed by atoms with Gasteiger partial charge in [0.15, 0.2) is 0 Å². The first-order valence-corrected chi connectivity index (χ1v) is 7.56. The van der Waals surface area contributed by atoms with E-state index in [9.17, 15) is 4.79 Å². The molecule has 0 saturated heterocycles. The van der Waals surface area contributed by atoms with Crippen LogP contribution in [0.5, 0.6) is 0 Å². The van der Waals surface area contributed by atoms with E-state index in [0.717, 1.165) is 32.1 Å². The molecule has 3 heteroatoms. The molecule has 1 amide bonds. The quantitative estimate of drug-likeness (QED) is 0.793. The minimum Gasteiger partial charge on any atom is -0.351 e. The molecule has 3 atom stereocenters. The summed E-state index contributed by atoms with van der Waals surface area (Å²) in [5, 5.41) is 3.31. The van der Waals surface area contributed by atoms with Crippen molar-refractivity contribution >= 4 is 5.91 Å². The van der Waals surface area contributed by atoms with Gasteiger partial charge in [-0.05, 0) is 44.9 Å². The molecule has 2 saturated carbocycles. The molecule has 2 rings (SSSR count). The minimum atomic E-state index is 0.0418. The summed E-state index contributed by atoms with van der Waals surface area (Å²) in [5.74, 6) is 0.979. The Balaban J connectivity index is 1.90. The Hall–Kier alpha value is -0.570. The molecule has 0 bridgehead atoms. The molecule has 0 radical (unpaired) electrons. The highest BCUT2D eigenvalue weighted by Crippen LogP contribution is 2.31. The molecule has 2 aliphatic rings. The Morgan fingerprint density at radius 3 is 2.44 bits per heavy atom. The fourth-order valence-electron chi connectivity index (χ4n) is 3.73. The highest BCUT2D eigenvalue weighted by molar-refractivity contribution is 5.79. The Morgan fingerprint density at radius 2 is 1.83 bits per heavy atom. The molecule has 104 valence electrons. The van der Waals surface area contributed by atoms with Gasteiger partial charge in [-0.25, -0.2) is 0 Å². The maximum Gasteiger partial charge on any atom is 0.223 e. The summed E-state index contributed by atoms with van der Waals surface area (Å²) in [5.41, 5.74) is 6.08. The van der Waals surface area contributed by atoms with Gasteiger partial charge in [-0.2, -0.15) is 0 Å². The standard InChI is InChI=1S/C15H28N2O/c1-11-8-12(10-13(16)9-11)14(18)17-15(2)6-4-3-5-7-15/h11-13H,3-10,16H2,1-2H3,(H,17,18). The lowest BCUT2D eigenvalue weighted by atomic mass is 9.78. The van der Waals surface area contributed by atoms with Crippen LogP contribution < -0.4 is 11.1 Å². The van der Waals surface area contributed by atoms with Crippen molar-refractivity contribution in [1.82, 2.24) is 5.32 Å². The summed E-state index contributed by atoms with van der Waals surface area (Å²) in [6.45, 7) is 4.41. The van der Waals surface area contributed by atoms with Crippen LogP contribution in [0.2, 0.25) is 0 Å². The van der Waals surface area contributed by atoms with E-state index < -0.39 is 0 Å². The maximum absolute atomic E-state index is 12.4. The van der Waals surface area contributed by atoms with E-state index in [2.05, 4.69) is 19.2 Å². The highest BCUT2D eigenvalue weighted by atomic mass is 16.2. The van der Waals surface area contributed by atoms with E-state index in [-0.39, 0.29) is 23.4 Å². The second kappa shape index (κ2) is 5.60. The normalized spacial score (nSPS) is 36.1. The number of hydrogen-bond acceptors (Lipinski definition) is 2. The largest absolute Gasteiger partial charge is 0.351 e. The zero-order valence-electron chi connectivity index (χ0n) is 11.9. The summed E-state index contributed by atoms with van der Waals surface area (Å²) in [4.78, 5) is 12.4. The average molecular weight is 252 g/mol. The van der Waals surface area contributed by atoms with Crippen LogP contribution in [0, 0.1) is 11.8 Å². The Kier molecular flexibility index (Phi) is 4.31. The monoisotopic (exact) mass is 252 g/mol. The summed E-state index contributed by atoms with van der Waals surface area (Å²) < 4.78 is 0. The SMILES string of the molecule is CC1CC(N)CC(C(=O)NC2(C)CCCCC2)C1. The van der Waals surface area contributed by atoms with Gasteiger partial charge in [-0.3, -0.25) is 4.79 Å². The van der Waals surface area contributed by atoms with Gasteiger partial charge in [0, 0.05) is 17.5 Å². The molecule has 0 aromatic heterocycles. The first-order valence-electron chi connectivity index (χ1n) is 7.56. The first kappa shape index (κ1) is 13.9. The van der Waals surface area contributed by atoms with Gasteiger partial charge < -0.3 is 11.1 Å². The van der Waals surface area contributed by atoms with Crippen molar-refractivity contribution in [2.45, 2.75) is 76.8 Å². The second-order valence-corrected chi connectivity index (χ2v) is 6.88. The third-order valence-corrected chi connectivity index (χ3v) is 4.73.